The van der Waals surface area contributed by atoms with Crippen LogP contribution in [0.1, 0.15) is 12.5 Å². The van der Waals surface area contributed by atoms with E-state index in [1.807, 2.05) is 37.3 Å². The molecule has 0 saturated carbocycles. The summed E-state index contributed by atoms with van der Waals surface area (Å²) in [5.41, 5.74) is 2.59. The predicted molar refractivity (Wildman–Crippen MR) is 106 cm³/mol. The second-order valence-electron chi connectivity index (χ2n) is 5.77. The topological polar surface area (TPSA) is 85.8 Å². The number of carbonyl (C=O) groups excluding carboxylic acids is 1. The lowest BCUT2D eigenvalue weighted by atomic mass is 10.1. The minimum Gasteiger partial charge on any atom is -0.335 e. The highest BCUT2D eigenvalue weighted by Gasteiger charge is 2.20. The van der Waals surface area contributed by atoms with Crippen LogP contribution in [0.15, 0.2) is 53.7 Å². The summed E-state index contributed by atoms with van der Waals surface area (Å²) in [5.74, 6) is 6.47. The molecule has 0 radical (unpaired) electrons. The molecule has 0 saturated heterocycles. The number of para-hydroxylation sites is 1. The second-order valence-corrected chi connectivity index (χ2v) is 7.49. The first-order chi connectivity index (χ1) is 12.5. The van der Waals surface area contributed by atoms with E-state index in [-0.39, 0.29) is 5.91 Å². The third-order valence-electron chi connectivity index (χ3n) is 3.76. The van der Waals surface area contributed by atoms with Crippen molar-refractivity contribution in [2.75, 3.05) is 11.2 Å². The van der Waals surface area contributed by atoms with Gasteiger partial charge < -0.3 is 11.2 Å². The highest BCUT2D eigenvalue weighted by atomic mass is 35.5. The smallest absolute Gasteiger partial charge is 0.237 e. The zero-order chi connectivity index (χ0) is 18.7. The largest absolute Gasteiger partial charge is 0.335 e. The fourth-order valence-electron chi connectivity index (χ4n) is 2.27. The summed E-state index contributed by atoms with van der Waals surface area (Å²) >= 11 is 7.30. The van der Waals surface area contributed by atoms with Crippen LogP contribution in [-0.2, 0) is 4.79 Å². The molecule has 2 aromatic carbocycles. The van der Waals surface area contributed by atoms with E-state index in [1.54, 1.807) is 25.1 Å². The summed E-state index contributed by atoms with van der Waals surface area (Å²) in [6.45, 7) is 3.79. The van der Waals surface area contributed by atoms with Gasteiger partial charge in [0.1, 0.15) is 0 Å². The molecule has 0 bridgehead atoms. The van der Waals surface area contributed by atoms with Gasteiger partial charge in [-0.15, -0.1) is 10.2 Å². The van der Waals surface area contributed by atoms with E-state index < -0.39 is 5.25 Å². The van der Waals surface area contributed by atoms with E-state index in [4.69, 9.17) is 17.4 Å². The minimum atomic E-state index is -0.427. The monoisotopic (exact) mass is 387 g/mol. The Balaban J connectivity index is 1.71. The summed E-state index contributed by atoms with van der Waals surface area (Å²) in [5, 5.41) is 11.6. The Kier molecular flexibility index (Phi) is 5.49. The van der Waals surface area contributed by atoms with Gasteiger partial charge >= 0.3 is 0 Å². The van der Waals surface area contributed by atoms with Crippen molar-refractivity contribution < 1.29 is 4.79 Å². The van der Waals surface area contributed by atoms with Crippen molar-refractivity contribution >= 4 is 35.0 Å². The van der Waals surface area contributed by atoms with Crippen LogP contribution in [0.4, 0.5) is 5.69 Å². The average Bonchev–Trinajstić information content (AvgIpc) is 2.98. The van der Waals surface area contributed by atoms with Gasteiger partial charge in [0.15, 0.2) is 5.82 Å². The van der Waals surface area contributed by atoms with E-state index in [0.29, 0.717) is 21.7 Å². The van der Waals surface area contributed by atoms with Crippen molar-refractivity contribution in [3.05, 3.63) is 59.1 Å². The minimum absolute atomic E-state index is 0.192. The van der Waals surface area contributed by atoms with E-state index >= 15 is 0 Å². The number of aromatic nitrogens is 3. The normalized spacial score (nSPS) is 12.0. The third-order valence-corrected chi connectivity index (χ3v) is 5.14. The number of thioether (sulfide) groups is 1. The lowest BCUT2D eigenvalue weighted by Gasteiger charge is -2.12. The number of aryl methyl sites for hydroxylation is 1. The first-order valence-corrected chi connectivity index (χ1v) is 9.21. The zero-order valence-electron chi connectivity index (χ0n) is 14.3. The van der Waals surface area contributed by atoms with E-state index in [2.05, 4.69) is 15.5 Å². The van der Waals surface area contributed by atoms with Gasteiger partial charge in [0.25, 0.3) is 0 Å². The number of anilines is 1. The van der Waals surface area contributed by atoms with Crippen molar-refractivity contribution in [2.45, 2.75) is 24.3 Å². The van der Waals surface area contributed by atoms with Gasteiger partial charge in [0, 0.05) is 5.56 Å². The van der Waals surface area contributed by atoms with Gasteiger partial charge in [0.2, 0.25) is 11.1 Å². The van der Waals surface area contributed by atoms with E-state index in [1.165, 1.54) is 16.4 Å². The number of nitrogens with zero attached hydrogens (tertiary/aromatic N) is 3. The summed E-state index contributed by atoms with van der Waals surface area (Å²) < 4.78 is 1.40. The Labute approximate surface area is 160 Å². The Bertz CT molecular complexity index is 926. The molecule has 134 valence electrons. The summed E-state index contributed by atoms with van der Waals surface area (Å²) in [6, 6.07) is 14.9. The van der Waals surface area contributed by atoms with Crippen LogP contribution in [0.3, 0.4) is 0 Å². The molecule has 0 unspecified atom stereocenters. The first kappa shape index (κ1) is 18.3. The fraction of sp³-hybridized carbons (Fsp3) is 0.167. The van der Waals surface area contributed by atoms with E-state index in [9.17, 15) is 4.79 Å². The molecule has 6 nitrogen and oxygen atoms in total. The Hall–Kier alpha value is -2.51. The van der Waals surface area contributed by atoms with Gasteiger partial charge in [-0.1, -0.05) is 65.3 Å². The number of hydrogen-bond acceptors (Lipinski definition) is 5. The van der Waals surface area contributed by atoms with Crippen LogP contribution in [0.5, 0.6) is 0 Å². The molecule has 0 spiro atoms. The Morgan fingerprint density at radius 3 is 2.58 bits per heavy atom. The number of halogens is 1. The maximum atomic E-state index is 12.4. The van der Waals surface area contributed by atoms with Crippen LogP contribution >= 0.6 is 23.4 Å². The number of nitrogen functional groups attached to an aromatic ring is 1. The lowest BCUT2D eigenvalue weighted by Crippen LogP contribution is -2.23. The van der Waals surface area contributed by atoms with Crippen molar-refractivity contribution in [1.29, 1.82) is 0 Å². The van der Waals surface area contributed by atoms with Crippen molar-refractivity contribution in [3.63, 3.8) is 0 Å². The molecule has 0 aliphatic carbocycles. The van der Waals surface area contributed by atoms with Gasteiger partial charge in [-0.2, -0.15) is 0 Å². The predicted octanol–water partition coefficient (Wildman–Crippen LogP) is 3.74. The number of nitrogens with one attached hydrogen (secondary N) is 1. The maximum absolute atomic E-state index is 12.4. The second kappa shape index (κ2) is 7.80. The molecule has 26 heavy (non-hydrogen) atoms. The highest BCUT2D eigenvalue weighted by molar-refractivity contribution is 8.00. The number of rotatable bonds is 5. The lowest BCUT2D eigenvalue weighted by molar-refractivity contribution is -0.115. The quantitative estimate of drug-likeness (QED) is 0.514. The van der Waals surface area contributed by atoms with Gasteiger partial charge in [-0.25, -0.2) is 4.68 Å². The van der Waals surface area contributed by atoms with Crippen LogP contribution < -0.4 is 11.2 Å². The van der Waals surface area contributed by atoms with Crippen molar-refractivity contribution in [1.82, 2.24) is 14.9 Å². The molecule has 1 aromatic heterocycles. The molecular formula is C18H18ClN5OS. The molecule has 1 amide bonds. The number of benzene rings is 2. The molecular weight excluding hydrogens is 370 g/mol. The first-order valence-electron chi connectivity index (χ1n) is 7.95. The Morgan fingerprint density at radius 1 is 1.19 bits per heavy atom. The number of carbonyl (C=O) groups is 1. The van der Waals surface area contributed by atoms with Gasteiger partial charge in [0.05, 0.1) is 16.0 Å². The summed E-state index contributed by atoms with van der Waals surface area (Å²) in [7, 11) is 0. The van der Waals surface area contributed by atoms with Gasteiger partial charge in [-0.3, -0.25) is 4.79 Å². The van der Waals surface area contributed by atoms with E-state index in [0.717, 1.165) is 11.1 Å². The third kappa shape index (κ3) is 4.00. The molecule has 3 rings (SSSR count). The van der Waals surface area contributed by atoms with Crippen LogP contribution in [0.2, 0.25) is 5.02 Å². The average molecular weight is 388 g/mol. The number of hydrogen-bond donors (Lipinski definition) is 2. The molecule has 1 atom stereocenters. The number of nitrogens with two attached hydrogens (primary N) is 1. The fourth-order valence-corrected chi connectivity index (χ4v) is 3.22. The van der Waals surface area contributed by atoms with Crippen LogP contribution in [0.25, 0.3) is 11.4 Å². The maximum Gasteiger partial charge on any atom is 0.237 e. The molecule has 3 aromatic rings. The molecule has 0 aliphatic rings. The summed E-state index contributed by atoms with van der Waals surface area (Å²) in [4.78, 5) is 12.4. The molecule has 0 aliphatic heterocycles. The van der Waals surface area contributed by atoms with Crippen molar-refractivity contribution in [2.24, 2.45) is 0 Å². The molecule has 3 N–H and O–H groups in total. The SMILES string of the molecule is Cc1ccc(-c2nnc(S[C@H](C)C(=O)Nc3ccccc3Cl)n2N)cc1. The highest BCUT2D eigenvalue weighted by Crippen LogP contribution is 2.27. The molecule has 8 heteroatoms. The van der Waals surface area contributed by atoms with Crippen LogP contribution in [-0.4, -0.2) is 26.0 Å². The Morgan fingerprint density at radius 2 is 1.88 bits per heavy atom. The molecule has 1 heterocycles. The van der Waals surface area contributed by atoms with Gasteiger partial charge in [-0.05, 0) is 26.0 Å². The standard InChI is InChI=1S/C18H18ClN5OS/c1-11-7-9-13(10-8-11)16-22-23-18(24(16)20)26-12(2)17(25)21-15-6-4-3-5-14(15)19/h3-10,12H,20H2,1-2H3,(H,21,25)/t12-/m1/s1. The van der Waals surface area contributed by atoms with Crippen molar-refractivity contribution in [3.8, 4) is 11.4 Å². The zero-order valence-corrected chi connectivity index (χ0v) is 15.9. The van der Waals surface area contributed by atoms with Crippen LogP contribution in [0, 0.1) is 6.92 Å². The number of amides is 1. The summed E-state index contributed by atoms with van der Waals surface area (Å²) in [6.07, 6.45) is 0. The molecule has 0 fully saturated rings.